The molecule has 1 N–H and O–H groups in total. The number of rotatable bonds is 0. The van der Waals surface area contributed by atoms with E-state index in [1.807, 2.05) is 0 Å². The molecule has 2 atom stereocenters. The van der Waals surface area contributed by atoms with Crippen molar-refractivity contribution in [3.05, 3.63) is 12.2 Å². The van der Waals surface area contributed by atoms with E-state index in [0.29, 0.717) is 6.04 Å². The van der Waals surface area contributed by atoms with Crippen LogP contribution in [0, 0.1) is 5.92 Å². The highest BCUT2D eigenvalue weighted by atomic mass is 16.1. The van der Waals surface area contributed by atoms with E-state index in [9.17, 15) is 4.79 Å². The van der Waals surface area contributed by atoms with E-state index in [1.165, 1.54) is 12.8 Å². The van der Waals surface area contributed by atoms with Crippen LogP contribution in [0.4, 0.5) is 0 Å². The number of amides is 1. The average Bonchev–Trinajstić information content (AvgIpc) is 2.04. The Kier molecular flexibility index (Phi) is 1.68. The summed E-state index contributed by atoms with van der Waals surface area (Å²) in [6, 6.07) is 0.352. The maximum absolute atomic E-state index is 11.0. The van der Waals surface area contributed by atoms with Crippen molar-refractivity contribution in [1.82, 2.24) is 5.32 Å². The summed E-state index contributed by atoms with van der Waals surface area (Å²) in [6.07, 6.45) is 8.58. The summed E-state index contributed by atoms with van der Waals surface area (Å²) in [5, 5.41) is 2.99. The second-order valence-corrected chi connectivity index (χ2v) is 3.40. The van der Waals surface area contributed by atoms with Gasteiger partial charge in [-0.3, -0.25) is 4.79 Å². The lowest BCUT2D eigenvalue weighted by Gasteiger charge is -2.32. The Balaban J connectivity index is 2.08. The number of allylic oxidation sites excluding steroid dienone is 1. The highest BCUT2D eigenvalue weighted by Crippen LogP contribution is 2.26. The average molecular weight is 151 g/mol. The molecule has 0 spiro atoms. The van der Waals surface area contributed by atoms with Gasteiger partial charge in [-0.25, -0.2) is 0 Å². The number of carbonyl (C=O) groups is 1. The zero-order chi connectivity index (χ0) is 7.68. The Labute approximate surface area is 66.7 Å². The molecule has 2 unspecified atom stereocenters. The van der Waals surface area contributed by atoms with Gasteiger partial charge in [0, 0.05) is 12.5 Å². The van der Waals surface area contributed by atoms with Crippen LogP contribution >= 0.6 is 0 Å². The van der Waals surface area contributed by atoms with Crippen molar-refractivity contribution in [1.29, 1.82) is 0 Å². The summed E-state index contributed by atoms with van der Waals surface area (Å²) in [7, 11) is 0. The topological polar surface area (TPSA) is 29.1 Å². The predicted molar refractivity (Wildman–Crippen MR) is 43.0 cm³/mol. The lowest BCUT2D eigenvalue weighted by atomic mass is 9.83. The van der Waals surface area contributed by atoms with Gasteiger partial charge in [0.15, 0.2) is 0 Å². The molecule has 1 amide bonds. The van der Waals surface area contributed by atoms with E-state index in [0.717, 1.165) is 18.8 Å². The van der Waals surface area contributed by atoms with E-state index in [4.69, 9.17) is 0 Å². The van der Waals surface area contributed by atoms with E-state index < -0.39 is 0 Å². The summed E-state index contributed by atoms with van der Waals surface area (Å²) in [5.74, 6) is 0.940. The molecule has 1 aliphatic carbocycles. The van der Waals surface area contributed by atoms with E-state index in [2.05, 4.69) is 17.5 Å². The second-order valence-electron chi connectivity index (χ2n) is 3.40. The number of carbonyl (C=O) groups excluding carboxylic acids is 1. The molecule has 0 aromatic carbocycles. The van der Waals surface area contributed by atoms with Crippen LogP contribution in [0.2, 0.25) is 0 Å². The van der Waals surface area contributed by atoms with E-state index >= 15 is 0 Å². The maximum Gasteiger partial charge on any atom is 0.220 e. The third-order valence-electron chi connectivity index (χ3n) is 2.63. The maximum atomic E-state index is 11.0. The Hall–Kier alpha value is -0.790. The number of hydrogen-bond donors (Lipinski definition) is 1. The SMILES string of the molecule is O=C1CCC2CCC=CC2N1. The highest BCUT2D eigenvalue weighted by Gasteiger charge is 2.27. The van der Waals surface area contributed by atoms with Crippen LogP contribution < -0.4 is 5.32 Å². The normalized spacial score (nSPS) is 36.2. The molecule has 1 aliphatic heterocycles. The van der Waals surface area contributed by atoms with Crippen molar-refractivity contribution in [3.63, 3.8) is 0 Å². The molecular formula is C9H13NO. The smallest absolute Gasteiger partial charge is 0.220 e. The van der Waals surface area contributed by atoms with Gasteiger partial charge in [0.2, 0.25) is 5.91 Å². The minimum Gasteiger partial charge on any atom is -0.350 e. The minimum absolute atomic E-state index is 0.220. The molecule has 0 radical (unpaired) electrons. The summed E-state index contributed by atoms with van der Waals surface area (Å²) in [6.45, 7) is 0. The molecule has 11 heavy (non-hydrogen) atoms. The van der Waals surface area contributed by atoms with Gasteiger partial charge in [-0.2, -0.15) is 0 Å². The Morgan fingerprint density at radius 2 is 2.36 bits per heavy atom. The van der Waals surface area contributed by atoms with Crippen LogP contribution in [-0.2, 0) is 4.79 Å². The van der Waals surface area contributed by atoms with Crippen LogP contribution in [0.5, 0.6) is 0 Å². The molecule has 2 heteroatoms. The van der Waals surface area contributed by atoms with Crippen molar-refractivity contribution in [2.75, 3.05) is 0 Å². The zero-order valence-electron chi connectivity index (χ0n) is 6.55. The first-order valence-electron chi connectivity index (χ1n) is 4.32. The summed E-state index contributed by atoms with van der Waals surface area (Å²) in [5.41, 5.74) is 0. The second kappa shape index (κ2) is 2.68. The number of piperidine rings is 1. The Morgan fingerprint density at radius 1 is 1.45 bits per heavy atom. The van der Waals surface area contributed by atoms with Gasteiger partial charge in [0.1, 0.15) is 0 Å². The van der Waals surface area contributed by atoms with Gasteiger partial charge in [-0.15, -0.1) is 0 Å². The van der Waals surface area contributed by atoms with Crippen LogP contribution in [0.1, 0.15) is 25.7 Å². The largest absolute Gasteiger partial charge is 0.350 e. The summed E-state index contributed by atoms with van der Waals surface area (Å²) < 4.78 is 0. The molecule has 60 valence electrons. The molecule has 0 saturated carbocycles. The monoisotopic (exact) mass is 151 g/mol. The molecule has 0 aromatic rings. The molecule has 0 bridgehead atoms. The third kappa shape index (κ3) is 1.30. The fourth-order valence-corrected chi connectivity index (χ4v) is 1.95. The van der Waals surface area contributed by atoms with Gasteiger partial charge in [-0.05, 0) is 25.2 Å². The minimum atomic E-state index is 0.220. The fraction of sp³-hybridized carbons (Fsp3) is 0.667. The fourth-order valence-electron chi connectivity index (χ4n) is 1.95. The molecular weight excluding hydrogens is 138 g/mol. The number of fused-ring (bicyclic) bond motifs is 1. The van der Waals surface area contributed by atoms with Crippen LogP contribution in [0.25, 0.3) is 0 Å². The van der Waals surface area contributed by atoms with Crippen LogP contribution in [-0.4, -0.2) is 11.9 Å². The van der Waals surface area contributed by atoms with Crippen molar-refractivity contribution in [3.8, 4) is 0 Å². The van der Waals surface area contributed by atoms with E-state index in [1.54, 1.807) is 0 Å². The lowest BCUT2D eigenvalue weighted by molar-refractivity contribution is -0.123. The molecule has 0 aromatic heterocycles. The molecule has 1 saturated heterocycles. The highest BCUT2D eigenvalue weighted by molar-refractivity contribution is 5.77. The Morgan fingerprint density at radius 3 is 3.27 bits per heavy atom. The van der Waals surface area contributed by atoms with Crippen molar-refractivity contribution < 1.29 is 4.79 Å². The molecule has 1 fully saturated rings. The van der Waals surface area contributed by atoms with Gasteiger partial charge in [0.05, 0.1) is 0 Å². The third-order valence-corrected chi connectivity index (χ3v) is 2.63. The first kappa shape index (κ1) is 6.89. The summed E-state index contributed by atoms with van der Waals surface area (Å²) >= 11 is 0. The first-order valence-corrected chi connectivity index (χ1v) is 4.32. The summed E-state index contributed by atoms with van der Waals surface area (Å²) in [4.78, 5) is 11.0. The van der Waals surface area contributed by atoms with Crippen molar-refractivity contribution in [2.24, 2.45) is 5.92 Å². The number of nitrogens with one attached hydrogen (secondary N) is 1. The van der Waals surface area contributed by atoms with Crippen molar-refractivity contribution >= 4 is 5.91 Å². The van der Waals surface area contributed by atoms with Crippen LogP contribution in [0.3, 0.4) is 0 Å². The predicted octanol–water partition coefficient (Wildman–Crippen LogP) is 1.23. The Bertz CT molecular complexity index is 198. The molecule has 2 rings (SSSR count). The zero-order valence-corrected chi connectivity index (χ0v) is 6.55. The lowest BCUT2D eigenvalue weighted by Crippen LogP contribution is -2.44. The molecule has 2 aliphatic rings. The van der Waals surface area contributed by atoms with E-state index in [-0.39, 0.29) is 5.91 Å². The van der Waals surface area contributed by atoms with Gasteiger partial charge < -0.3 is 5.32 Å². The van der Waals surface area contributed by atoms with Gasteiger partial charge in [0.25, 0.3) is 0 Å². The van der Waals surface area contributed by atoms with Gasteiger partial charge in [-0.1, -0.05) is 12.2 Å². The number of hydrogen-bond acceptors (Lipinski definition) is 1. The van der Waals surface area contributed by atoms with Crippen LogP contribution in [0.15, 0.2) is 12.2 Å². The van der Waals surface area contributed by atoms with Crippen molar-refractivity contribution in [2.45, 2.75) is 31.7 Å². The first-order chi connectivity index (χ1) is 5.36. The molecule has 1 heterocycles. The quantitative estimate of drug-likeness (QED) is 0.518. The standard InChI is InChI=1S/C9H13NO/c11-9-6-5-7-3-1-2-4-8(7)10-9/h2,4,7-8H,1,3,5-6H2,(H,10,11). The molecule has 2 nitrogen and oxygen atoms in total. The van der Waals surface area contributed by atoms with Gasteiger partial charge >= 0.3 is 0 Å².